The normalized spacial score (nSPS) is 20.4. The second-order valence-electron chi connectivity index (χ2n) is 9.17. The van der Waals surface area contributed by atoms with Crippen molar-refractivity contribution in [3.8, 4) is 5.69 Å². The summed E-state index contributed by atoms with van der Waals surface area (Å²) in [7, 11) is 0. The molecule has 2 aliphatic heterocycles. The molecule has 6 nitrogen and oxygen atoms in total. The molecule has 0 N–H and O–H groups in total. The highest BCUT2D eigenvalue weighted by molar-refractivity contribution is 9.10. The Kier molecular flexibility index (Phi) is 6.81. The van der Waals surface area contributed by atoms with E-state index in [2.05, 4.69) is 78.5 Å². The molecular weight excluding hydrogens is 478 g/mol. The smallest absolute Gasteiger partial charge is 0.227 e. The van der Waals surface area contributed by atoms with Crippen LogP contribution >= 0.6 is 15.9 Å². The van der Waals surface area contributed by atoms with E-state index in [-0.39, 0.29) is 5.92 Å². The van der Waals surface area contributed by atoms with E-state index in [9.17, 15) is 4.79 Å². The van der Waals surface area contributed by atoms with Crippen molar-refractivity contribution in [3.63, 3.8) is 0 Å². The second kappa shape index (κ2) is 9.95. The van der Waals surface area contributed by atoms with Crippen LogP contribution in [0, 0.1) is 5.92 Å². The number of carbonyl (C=O) groups excluding carboxylic acids is 1. The third-order valence-corrected chi connectivity index (χ3v) is 7.54. The standard InChI is InChI=1S/C26H32BrN5O/c1-2-29-13-15-31(16-14-29)26(33)20-7-6-12-30(18-20)19-25-28-23-10-3-4-11-24(23)32(25)22-9-5-8-21(27)17-22/h3-5,8-11,17,20H,2,6-7,12-16,18-19H2,1H3/t20-/m0/s1. The van der Waals surface area contributed by atoms with Gasteiger partial charge in [0.2, 0.25) is 5.91 Å². The number of amides is 1. The van der Waals surface area contributed by atoms with Gasteiger partial charge in [0.25, 0.3) is 0 Å². The Balaban J connectivity index is 1.35. The predicted octanol–water partition coefficient (Wildman–Crippen LogP) is 4.16. The van der Waals surface area contributed by atoms with Gasteiger partial charge >= 0.3 is 0 Å². The van der Waals surface area contributed by atoms with Gasteiger partial charge in [-0.2, -0.15) is 0 Å². The Bertz CT molecular complexity index is 1120. The Morgan fingerprint density at radius 3 is 2.64 bits per heavy atom. The molecule has 0 unspecified atom stereocenters. The predicted molar refractivity (Wildman–Crippen MR) is 135 cm³/mol. The maximum Gasteiger partial charge on any atom is 0.227 e. The van der Waals surface area contributed by atoms with Gasteiger partial charge in [0.15, 0.2) is 0 Å². The van der Waals surface area contributed by atoms with Crippen LogP contribution in [0.4, 0.5) is 0 Å². The molecule has 3 heterocycles. The summed E-state index contributed by atoms with van der Waals surface area (Å²) in [5.74, 6) is 1.46. The zero-order valence-electron chi connectivity index (χ0n) is 19.3. The van der Waals surface area contributed by atoms with Crippen molar-refractivity contribution in [2.45, 2.75) is 26.3 Å². The lowest BCUT2D eigenvalue weighted by Crippen LogP contribution is -2.52. The summed E-state index contributed by atoms with van der Waals surface area (Å²) in [6.07, 6.45) is 2.05. The number of hydrogen-bond acceptors (Lipinski definition) is 4. The summed E-state index contributed by atoms with van der Waals surface area (Å²) >= 11 is 3.62. The van der Waals surface area contributed by atoms with Gasteiger partial charge in [-0.25, -0.2) is 4.98 Å². The Morgan fingerprint density at radius 2 is 1.85 bits per heavy atom. The van der Waals surface area contributed by atoms with Crippen LogP contribution in [0.3, 0.4) is 0 Å². The number of carbonyl (C=O) groups is 1. The minimum atomic E-state index is 0.0932. The van der Waals surface area contributed by atoms with Crippen molar-refractivity contribution in [3.05, 3.63) is 58.8 Å². The Hall–Kier alpha value is -2.22. The molecule has 1 amide bonds. The highest BCUT2D eigenvalue weighted by Crippen LogP contribution is 2.26. The van der Waals surface area contributed by atoms with Gasteiger partial charge in [-0.05, 0) is 56.3 Å². The van der Waals surface area contributed by atoms with Crippen LogP contribution in [0.5, 0.6) is 0 Å². The number of nitrogens with zero attached hydrogens (tertiary/aromatic N) is 5. The van der Waals surface area contributed by atoms with Gasteiger partial charge in [0, 0.05) is 42.9 Å². The van der Waals surface area contributed by atoms with Crippen molar-refractivity contribution >= 4 is 32.9 Å². The van der Waals surface area contributed by atoms with Crippen LogP contribution in [-0.4, -0.2) is 76.0 Å². The molecule has 1 aromatic heterocycles. The monoisotopic (exact) mass is 509 g/mol. The summed E-state index contributed by atoms with van der Waals surface area (Å²) in [6.45, 7) is 9.54. The lowest BCUT2D eigenvalue weighted by atomic mass is 9.96. The number of benzene rings is 2. The summed E-state index contributed by atoms with van der Waals surface area (Å²) in [4.78, 5) is 25.2. The molecule has 2 saturated heterocycles. The van der Waals surface area contributed by atoms with Gasteiger partial charge in [-0.3, -0.25) is 14.3 Å². The molecule has 5 rings (SSSR count). The van der Waals surface area contributed by atoms with E-state index in [1.807, 2.05) is 12.1 Å². The fourth-order valence-electron chi connectivity index (χ4n) is 5.23. The molecule has 0 aliphatic carbocycles. The molecule has 1 atom stereocenters. The highest BCUT2D eigenvalue weighted by atomic mass is 79.9. The number of hydrogen-bond donors (Lipinski definition) is 0. The number of piperazine rings is 1. The van der Waals surface area contributed by atoms with Gasteiger partial charge in [0.1, 0.15) is 5.82 Å². The number of para-hydroxylation sites is 2. The first-order chi connectivity index (χ1) is 16.1. The molecule has 7 heteroatoms. The second-order valence-corrected chi connectivity index (χ2v) is 10.1. The van der Waals surface area contributed by atoms with E-state index in [4.69, 9.17) is 4.98 Å². The number of fused-ring (bicyclic) bond motifs is 1. The SMILES string of the molecule is CCN1CCN(C(=O)[C@H]2CCCN(Cc3nc4ccccc4n3-c3cccc(Br)c3)C2)CC1. The minimum absolute atomic E-state index is 0.0932. The Morgan fingerprint density at radius 1 is 1.03 bits per heavy atom. The Labute approximate surface area is 204 Å². The zero-order chi connectivity index (χ0) is 22.8. The van der Waals surface area contributed by atoms with Gasteiger partial charge in [0.05, 0.1) is 23.5 Å². The number of aromatic nitrogens is 2. The highest BCUT2D eigenvalue weighted by Gasteiger charge is 2.31. The van der Waals surface area contributed by atoms with E-state index in [0.29, 0.717) is 5.91 Å². The molecule has 0 bridgehead atoms. The molecule has 2 fully saturated rings. The first-order valence-corrected chi connectivity index (χ1v) is 12.9. The number of rotatable bonds is 5. The van der Waals surface area contributed by atoms with Crippen molar-refractivity contribution in [1.29, 1.82) is 0 Å². The van der Waals surface area contributed by atoms with Crippen molar-refractivity contribution < 1.29 is 4.79 Å². The fourth-order valence-corrected chi connectivity index (χ4v) is 5.62. The minimum Gasteiger partial charge on any atom is -0.340 e. The van der Waals surface area contributed by atoms with Crippen molar-refractivity contribution in [2.75, 3.05) is 45.8 Å². The van der Waals surface area contributed by atoms with Gasteiger partial charge < -0.3 is 9.80 Å². The van der Waals surface area contributed by atoms with Crippen LogP contribution in [0.1, 0.15) is 25.6 Å². The molecule has 0 saturated carbocycles. The molecule has 33 heavy (non-hydrogen) atoms. The summed E-state index contributed by atoms with van der Waals surface area (Å²) in [5.41, 5.74) is 3.22. The molecular formula is C26H32BrN5O. The van der Waals surface area contributed by atoms with E-state index in [1.54, 1.807) is 0 Å². The quantitative estimate of drug-likeness (QED) is 0.517. The largest absolute Gasteiger partial charge is 0.340 e. The average molecular weight is 510 g/mol. The van der Waals surface area contributed by atoms with E-state index < -0.39 is 0 Å². The van der Waals surface area contributed by atoms with Crippen LogP contribution < -0.4 is 0 Å². The summed E-state index contributed by atoms with van der Waals surface area (Å²) in [6, 6.07) is 16.7. The van der Waals surface area contributed by atoms with E-state index >= 15 is 0 Å². The van der Waals surface area contributed by atoms with Crippen LogP contribution in [0.25, 0.3) is 16.7 Å². The molecule has 2 aliphatic rings. The maximum atomic E-state index is 13.3. The molecule has 3 aromatic rings. The first-order valence-electron chi connectivity index (χ1n) is 12.1. The first kappa shape index (κ1) is 22.6. The van der Waals surface area contributed by atoms with Crippen LogP contribution in [-0.2, 0) is 11.3 Å². The number of likely N-dealkylation sites (tertiary alicyclic amines) is 1. The molecule has 174 valence electrons. The molecule has 0 radical (unpaired) electrons. The third-order valence-electron chi connectivity index (χ3n) is 7.05. The fraction of sp³-hybridized carbons (Fsp3) is 0.462. The van der Waals surface area contributed by atoms with Crippen molar-refractivity contribution in [2.24, 2.45) is 5.92 Å². The number of halogens is 1. The lowest BCUT2D eigenvalue weighted by Gasteiger charge is -2.38. The third kappa shape index (κ3) is 4.86. The van der Waals surface area contributed by atoms with E-state index in [0.717, 1.165) is 92.2 Å². The number of imidazole rings is 1. The summed E-state index contributed by atoms with van der Waals surface area (Å²) in [5, 5.41) is 0. The van der Waals surface area contributed by atoms with Crippen LogP contribution in [0.2, 0.25) is 0 Å². The molecule has 2 aromatic carbocycles. The van der Waals surface area contributed by atoms with E-state index in [1.165, 1.54) is 0 Å². The van der Waals surface area contributed by atoms with Gasteiger partial charge in [-0.15, -0.1) is 0 Å². The zero-order valence-corrected chi connectivity index (χ0v) is 20.9. The van der Waals surface area contributed by atoms with Gasteiger partial charge in [-0.1, -0.05) is 41.1 Å². The van der Waals surface area contributed by atoms with Crippen molar-refractivity contribution in [1.82, 2.24) is 24.3 Å². The summed E-state index contributed by atoms with van der Waals surface area (Å²) < 4.78 is 3.31. The number of piperidine rings is 1. The molecule has 0 spiro atoms. The maximum absolute atomic E-state index is 13.3. The lowest BCUT2D eigenvalue weighted by molar-refractivity contribution is -0.139. The average Bonchev–Trinajstić information content (AvgIpc) is 3.21. The van der Waals surface area contributed by atoms with Crippen LogP contribution in [0.15, 0.2) is 53.0 Å². The number of likely N-dealkylation sites (N-methyl/N-ethyl adjacent to an activating group) is 1. The topological polar surface area (TPSA) is 44.6 Å².